The number of aliphatic hydroxyl groups is 1. The average Bonchev–Trinajstić information content (AvgIpc) is 4.08. The molecule has 3 aromatic carbocycles. The van der Waals surface area contributed by atoms with Crippen molar-refractivity contribution >= 4 is 52.1 Å². The molecule has 0 radical (unpaired) electrons. The molecular formula is C50H52F2N8O6S2. The molecule has 1 fully saturated rings. The summed E-state index contributed by atoms with van der Waals surface area (Å²) in [6, 6.07) is 13.4. The van der Waals surface area contributed by atoms with Gasteiger partial charge in [-0.25, -0.2) is 13.8 Å². The zero-order chi connectivity index (χ0) is 48.9. The summed E-state index contributed by atoms with van der Waals surface area (Å²) >= 11 is 3.09. The van der Waals surface area contributed by atoms with Crippen molar-refractivity contribution in [2.45, 2.75) is 98.5 Å². The highest BCUT2D eigenvalue weighted by atomic mass is 32.1. The minimum absolute atomic E-state index is 0.0251. The van der Waals surface area contributed by atoms with E-state index >= 15 is 8.78 Å². The fourth-order valence-corrected chi connectivity index (χ4v) is 10.8. The van der Waals surface area contributed by atoms with Crippen LogP contribution in [0.1, 0.15) is 107 Å². The van der Waals surface area contributed by atoms with Gasteiger partial charge < -0.3 is 25.4 Å². The van der Waals surface area contributed by atoms with Gasteiger partial charge in [0.2, 0.25) is 11.8 Å². The number of aliphatic imine (C=N–C) groups is 1. The number of likely N-dealkylation sites (tertiary alicyclic amines) is 1. The normalized spacial score (nSPS) is 17.7. The van der Waals surface area contributed by atoms with E-state index in [1.807, 2.05) is 63.5 Å². The third-order valence-electron chi connectivity index (χ3n) is 12.7. The van der Waals surface area contributed by atoms with Crippen LogP contribution < -0.4 is 10.6 Å². The van der Waals surface area contributed by atoms with E-state index in [0.717, 1.165) is 48.8 Å². The summed E-state index contributed by atoms with van der Waals surface area (Å²) in [7, 11) is 1.31. The molecule has 0 unspecified atom stereocenters. The molecule has 0 spiro atoms. The number of esters is 1. The van der Waals surface area contributed by atoms with Crippen LogP contribution in [0.2, 0.25) is 0 Å². The molecule has 354 valence electrons. The number of ether oxygens (including phenoxy) is 1. The zero-order valence-corrected chi connectivity index (χ0v) is 40.7. The number of thiazole rings is 1. The number of hydrogen-bond acceptors (Lipinski definition) is 12. The molecule has 3 amide bonds. The van der Waals surface area contributed by atoms with E-state index in [9.17, 15) is 24.3 Å². The second kappa shape index (κ2) is 18.9. The second-order valence-electron chi connectivity index (χ2n) is 18.3. The average molecular weight is 963 g/mol. The number of halogens is 2. The number of carbonyl (C=O) groups excluding carboxylic acids is 4. The maximum absolute atomic E-state index is 16.1. The smallest absolute Gasteiger partial charge is 0.308 e. The lowest BCUT2D eigenvalue weighted by atomic mass is 9.85. The van der Waals surface area contributed by atoms with E-state index in [0.29, 0.717) is 28.5 Å². The Morgan fingerprint density at radius 2 is 1.59 bits per heavy atom. The summed E-state index contributed by atoms with van der Waals surface area (Å²) in [4.78, 5) is 67.3. The first-order valence-electron chi connectivity index (χ1n) is 22.1. The van der Waals surface area contributed by atoms with Gasteiger partial charge in [0, 0.05) is 34.5 Å². The number of nitrogens with one attached hydrogen (secondary N) is 2. The van der Waals surface area contributed by atoms with Crippen molar-refractivity contribution in [1.82, 2.24) is 35.3 Å². The molecule has 8 rings (SSSR count). The number of carbonyl (C=O) groups is 4. The zero-order valence-electron chi connectivity index (χ0n) is 39.1. The van der Waals surface area contributed by atoms with Crippen LogP contribution in [0.25, 0.3) is 26.6 Å². The largest absolute Gasteiger partial charge is 0.469 e. The van der Waals surface area contributed by atoms with Gasteiger partial charge in [0.15, 0.2) is 17.5 Å². The Morgan fingerprint density at radius 3 is 2.24 bits per heavy atom. The first-order valence-corrected chi connectivity index (χ1v) is 23.8. The molecule has 6 aromatic rings. The summed E-state index contributed by atoms with van der Waals surface area (Å²) in [5.41, 5.74) is 6.26. The number of amides is 3. The molecule has 18 heteroatoms. The first kappa shape index (κ1) is 48.0. The van der Waals surface area contributed by atoms with Gasteiger partial charge in [-0.1, -0.05) is 75.4 Å². The molecule has 5 atom stereocenters. The fraction of sp³-hybridized carbons (Fsp3) is 0.360. The highest BCUT2D eigenvalue weighted by molar-refractivity contribution is 7.15. The van der Waals surface area contributed by atoms with E-state index in [2.05, 4.69) is 25.8 Å². The Morgan fingerprint density at radius 1 is 0.912 bits per heavy atom. The number of methoxy groups -OCH3 is 1. The van der Waals surface area contributed by atoms with Gasteiger partial charge in [0.05, 0.1) is 53.0 Å². The number of benzene rings is 3. The highest BCUT2D eigenvalue weighted by Gasteiger charge is 2.45. The van der Waals surface area contributed by atoms with Crippen LogP contribution in [0.4, 0.5) is 8.78 Å². The van der Waals surface area contributed by atoms with E-state index in [-0.39, 0.29) is 24.9 Å². The molecule has 2 aliphatic heterocycles. The van der Waals surface area contributed by atoms with Crippen LogP contribution in [-0.4, -0.2) is 91.0 Å². The lowest BCUT2D eigenvalue weighted by molar-refractivity contribution is -0.142. The predicted octanol–water partition coefficient (Wildman–Crippen LogP) is 8.07. The third kappa shape index (κ3) is 9.11. The summed E-state index contributed by atoms with van der Waals surface area (Å²) < 4.78 is 39.1. The topological polar surface area (TPSA) is 181 Å². The number of aryl methyl sites for hydroxylation is 3. The summed E-state index contributed by atoms with van der Waals surface area (Å²) in [5, 5.41) is 25.9. The van der Waals surface area contributed by atoms with Gasteiger partial charge in [0.25, 0.3) is 5.91 Å². The Labute approximate surface area is 400 Å². The molecule has 3 aromatic heterocycles. The first-order chi connectivity index (χ1) is 32.3. The number of rotatable bonds is 11. The molecule has 3 N–H and O–H groups in total. The standard InChI is InChI=1S/C50H52F2N8O6S2/c1-24-27(4)68-49-39(24)42(55-36(21-38(62)66-9)45-58-57-28(5)60(45)49)31-14-12-30(13-15-31)34-18-19-35(41(52)40(34)51)46(63)56-44(50(6,7)8)48(65)59-22-33(61)20-37(59)47(64)54-25(2)29-10-16-32(17-11-29)43-26(3)53-23-67-43/h10-19,23,25,33,36-37,44,61H,20-22H2,1-9H3,(H,54,64)(H,56,63)/t25-,33+,36-,37-,44+/m0/s1. The van der Waals surface area contributed by atoms with Crippen LogP contribution >= 0.6 is 22.7 Å². The molecule has 5 heterocycles. The number of thiophene rings is 1. The number of aromatic nitrogens is 4. The minimum Gasteiger partial charge on any atom is -0.469 e. The number of β-amino-alcohol motifs (C(OH)–C–C–N with tert-alkyl or cyclic N) is 1. The van der Waals surface area contributed by atoms with Gasteiger partial charge in [-0.3, -0.25) is 28.7 Å². The van der Waals surface area contributed by atoms with Gasteiger partial charge >= 0.3 is 5.97 Å². The monoisotopic (exact) mass is 962 g/mol. The highest BCUT2D eigenvalue weighted by Crippen LogP contribution is 2.40. The molecular weight excluding hydrogens is 911 g/mol. The van der Waals surface area contributed by atoms with Gasteiger partial charge in [-0.05, 0) is 68.4 Å². The quantitative estimate of drug-likeness (QED) is 0.108. The van der Waals surface area contributed by atoms with E-state index in [1.54, 1.807) is 73.2 Å². The Balaban J connectivity index is 1.00. The molecule has 1 saturated heterocycles. The summed E-state index contributed by atoms with van der Waals surface area (Å²) in [5.74, 6) is -4.18. The van der Waals surface area contributed by atoms with Crippen LogP contribution in [0.3, 0.4) is 0 Å². The van der Waals surface area contributed by atoms with Crippen molar-refractivity contribution in [1.29, 1.82) is 0 Å². The lowest BCUT2D eigenvalue weighted by Gasteiger charge is -2.35. The summed E-state index contributed by atoms with van der Waals surface area (Å²) in [6.07, 6.45) is -1.11. The number of hydrogen-bond donors (Lipinski definition) is 3. The number of nitrogens with zero attached hydrogens (tertiary/aromatic N) is 6. The van der Waals surface area contributed by atoms with Crippen molar-refractivity contribution < 1.29 is 37.8 Å². The fourth-order valence-electron chi connectivity index (χ4n) is 8.75. The van der Waals surface area contributed by atoms with Gasteiger partial charge in [0.1, 0.15) is 29.0 Å². The summed E-state index contributed by atoms with van der Waals surface area (Å²) in [6.45, 7) is 14.5. The maximum Gasteiger partial charge on any atom is 0.308 e. The van der Waals surface area contributed by atoms with Gasteiger partial charge in [-0.15, -0.1) is 32.9 Å². The molecule has 14 nitrogen and oxygen atoms in total. The van der Waals surface area contributed by atoms with Crippen molar-refractivity contribution in [3.8, 4) is 26.6 Å². The van der Waals surface area contributed by atoms with Crippen LogP contribution in [0, 0.1) is 44.7 Å². The van der Waals surface area contributed by atoms with Crippen molar-refractivity contribution in [3.05, 3.63) is 128 Å². The van der Waals surface area contributed by atoms with Crippen molar-refractivity contribution in [3.63, 3.8) is 0 Å². The lowest BCUT2D eigenvalue weighted by Crippen LogP contribution is -2.58. The van der Waals surface area contributed by atoms with Crippen LogP contribution in [0.5, 0.6) is 0 Å². The van der Waals surface area contributed by atoms with Crippen molar-refractivity contribution in [2.24, 2.45) is 10.4 Å². The molecule has 0 aliphatic carbocycles. The number of fused-ring (bicyclic) bond motifs is 3. The third-order valence-corrected chi connectivity index (χ3v) is 14.8. The molecule has 68 heavy (non-hydrogen) atoms. The Kier molecular flexibility index (Phi) is 13.3. The van der Waals surface area contributed by atoms with Crippen LogP contribution in [0.15, 0.2) is 71.2 Å². The predicted molar refractivity (Wildman–Crippen MR) is 256 cm³/mol. The Hall–Kier alpha value is -6.50. The van der Waals surface area contributed by atoms with Crippen molar-refractivity contribution in [2.75, 3.05) is 13.7 Å². The van der Waals surface area contributed by atoms with Crippen LogP contribution in [-0.2, 0) is 19.1 Å². The van der Waals surface area contributed by atoms with E-state index in [1.165, 1.54) is 18.1 Å². The number of aliphatic hydroxyl groups excluding tert-OH is 1. The van der Waals surface area contributed by atoms with E-state index < -0.39 is 76.6 Å². The molecule has 0 saturated carbocycles. The van der Waals surface area contributed by atoms with E-state index in [4.69, 9.17) is 9.73 Å². The molecule has 0 bridgehead atoms. The SMILES string of the molecule is COC(=O)C[C@@H]1N=C(c2ccc(-c3ccc(C(=O)N[C@H](C(=O)N4C[C@H](O)C[C@H]4C(=O)N[C@@H](C)c4ccc(-c5scnc5C)cc4)C(C)(C)C)c(F)c3F)cc2)c2c(sc(C)c2C)-n2c(C)nnc21. The maximum atomic E-state index is 16.1. The second-order valence-corrected chi connectivity index (χ2v) is 20.4. The Bertz CT molecular complexity index is 2970. The van der Waals surface area contributed by atoms with Gasteiger partial charge in [-0.2, -0.15) is 0 Å². The molecule has 2 aliphatic rings. The minimum atomic E-state index is -1.41.